The Labute approximate surface area is 77.2 Å². The Morgan fingerprint density at radius 2 is 1.67 bits per heavy atom. The summed E-state index contributed by atoms with van der Waals surface area (Å²) in [6, 6.07) is 0. The van der Waals surface area contributed by atoms with Crippen molar-refractivity contribution < 1.29 is 5.11 Å². The first-order valence-electron chi connectivity index (χ1n) is 5.44. The lowest BCUT2D eigenvalue weighted by Crippen LogP contribution is -2.19. The van der Waals surface area contributed by atoms with Gasteiger partial charge in [-0.15, -0.1) is 0 Å². The summed E-state index contributed by atoms with van der Waals surface area (Å²) in [5, 5.41) is 9.74. The van der Waals surface area contributed by atoms with E-state index in [2.05, 4.69) is 20.8 Å². The summed E-state index contributed by atoms with van der Waals surface area (Å²) >= 11 is 0. The third-order valence-corrected chi connectivity index (χ3v) is 2.58. The van der Waals surface area contributed by atoms with Crippen LogP contribution < -0.4 is 0 Å². The number of aliphatic hydroxyl groups is 1. The molecule has 0 aromatic rings. The zero-order chi connectivity index (χ0) is 9.40. The predicted octanol–water partition coefficient (Wildman–Crippen LogP) is 3.36. The van der Waals surface area contributed by atoms with Gasteiger partial charge in [0.2, 0.25) is 0 Å². The van der Waals surface area contributed by atoms with E-state index in [0.717, 1.165) is 19.3 Å². The van der Waals surface area contributed by atoms with E-state index in [0.29, 0.717) is 5.92 Å². The van der Waals surface area contributed by atoms with E-state index >= 15 is 0 Å². The molecule has 0 rings (SSSR count). The number of hydrogen-bond acceptors (Lipinski definition) is 1. The molecule has 0 aliphatic rings. The summed E-state index contributed by atoms with van der Waals surface area (Å²) in [5.74, 6) is 0.546. The van der Waals surface area contributed by atoms with Gasteiger partial charge in [0, 0.05) is 0 Å². The van der Waals surface area contributed by atoms with Crippen molar-refractivity contribution in [1.82, 2.24) is 0 Å². The molecule has 0 saturated heterocycles. The molecule has 0 aromatic heterocycles. The highest BCUT2D eigenvalue weighted by atomic mass is 16.3. The highest BCUT2D eigenvalue weighted by Gasteiger charge is 2.15. The summed E-state index contributed by atoms with van der Waals surface area (Å²) in [5.41, 5.74) is 0. The first-order valence-corrected chi connectivity index (χ1v) is 5.44. The summed E-state index contributed by atoms with van der Waals surface area (Å²) < 4.78 is 0. The third kappa shape index (κ3) is 4.76. The number of rotatable bonds is 7. The fraction of sp³-hybridized carbons (Fsp3) is 1.00. The van der Waals surface area contributed by atoms with Crippen LogP contribution in [0.3, 0.4) is 0 Å². The van der Waals surface area contributed by atoms with E-state index in [-0.39, 0.29) is 6.10 Å². The first-order chi connectivity index (χ1) is 5.76. The molecule has 0 heterocycles. The zero-order valence-corrected chi connectivity index (χ0v) is 8.84. The van der Waals surface area contributed by atoms with E-state index in [1.54, 1.807) is 0 Å². The largest absolute Gasteiger partial charge is 0.393 e. The molecule has 0 aliphatic heterocycles. The molecule has 1 N–H and O–H groups in total. The van der Waals surface area contributed by atoms with Crippen LogP contribution in [0.2, 0.25) is 0 Å². The maximum Gasteiger partial charge on any atom is 0.0568 e. The Kier molecular flexibility index (Phi) is 7.58. The molecule has 0 unspecified atom stereocenters. The molecule has 0 amide bonds. The second kappa shape index (κ2) is 7.60. The van der Waals surface area contributed by atoms with Crippen molar-refractivity contribution in [2.45, 2.75) is 65.4 Å². The van der Waals surface area contributed by atoms with Crippen molar-refractivity contribution in [3.05, 3.63) is 0 Å². The van der Waals surface area contributed by atoms with Gasteiger partial charge in [0.15, 0.2) is 0 Å². The maximum atomic E-state index is 9.74. The standard InChI is InChI=1S/C11H24O/c1-4-7-9-10(6-3)11(12)8-5-2/h10-12H,4-9H2,1-3H3/t10-,11+/m0/s1. The van der Waals surface area contributed by atoms with Crippen molar-refractivity contribution in [2.75, 3.05) is 0 Å². The lowest BCUT2D eigenvalue weighted by atomic mass is 9.91. The lowest BCUT2D eigenvalue weighted by molar-refractivity contribution is 0.0896. The Morgan fingerprint density at radius 1 is 1.00 bits per heavy atom. The van der Waals surface area contributed by atoms with Crippen LogP contribution in [0.1, 0.15) is 59.3 Å². The molecule has 0 aliphatic carbocycles. The molecule has 0 radical (unpaired) electrons. The Morgan fingerprint density at radius 3 is 2.08 bits per heavy atom. The van der Waals surface area contributed by atoms with Crippen molar-refractivity contribution >= 4 is 0 Å². The fourth-order valence-corrected chi connectivity index (χ4v) is 1.67. The number of unbranched alkanes of at least 4 members (excludes halogenated alkanes) is 1. The molecule has 1 heteroatoms. The average molecular weight is 172 g/mol. The van der Waals surface area contributed by atoms with Crippen LogP contribution in [-0.4, -0.2) is 11.2 Å². The highest BCUT2D eigenvalue weighted by Crippen LogP contribution is 2.19. The van der Waals surface area contributed by atoms with Crippen LogP contribution in [-0.2, 0) is 0 Å². The minimum atomic E-state index is -0.0495. The summed E-state index contributed by atoms with van der Waals surface area (Å²) in [6.07, 6.45) is 6.86. The minimum Gasteiger partial charge on any atom is -0.393 e. The van der Waals surface area contributed by atoms with E-state index in [4.69, 9.17) is 0 Å². The van der Waals surface area contributed by atoms with Crippen LogP contribution >= 0.6 is 0 Å². The van der Waals surface area contributed by atoms with Crippen molar-refractivity contribution in [3.8, 4) is 0 Å². The van der Waals surface area contributed by atoms with Crippen molar-refractivity contribution in [2.24, 2.45) is 5.92 Å². The van der Waals surface area contributed by atoms with Gasteiger partial charge < -0.3 is 5.11 Å². The van der Waals surface area contributed by atoms with E-state index in [1.165, 1.54) is 19.3 Å². The molecule has 0 saturated carbocycles. The smallest absolute Gasteiger partial charge is 0.0568 e. The van der Waals surface area contributed by atoms with Gasteiger partial charge in [-0.25, -0.2) is 0 Å². The lowest BCUT2D eigenvalue weighted by Gasteiger charge is -2.20. The van der Waals surface area contributed by atoms with Crippen LogP contribution in [0.4, 0.5) is 0 Å². The topological polar surface area (TPSA) is 20.2 Å². The molecule has 12 heavy (non-hydrogen) atoms. The normalized spacial score (nSPS) is 16.0. The Balaban J connectivity index is 3.62. The molecular formula is C11H24O. The van der Waals surface area contributed by atoms with Gasteiger partial charge in [-0.1, -0.05) is 46.5 Å². The molecule has 0 bridgehead atoms. The average Bonchev–Trinajstić information content (AvgIpc) is 2.06. The molecule has 1 nitrogen and oxygen atoms in total. The van der Waals surface area contributed by atoms with E-state index < -0.39 is 0 Å². The molecule has 0 spiro atoms. The van der Waals surface area contributed by atoms with Gasteiger partial charge in [-0.3, -0.25) is 0 Å². The number of aliphatic hydroxyl groups excluding tert-OH is 1. The molecule has 2 atom stereocenters. The summed E-state index contributed by atoms with van der Waals surface area (Å²) in [6.45, 7) is 6.52. The predicted molar refractivity (Wildman–Crippen MR) is 54.2 cm³/mol. The van der Waals surface area contributed by atoms with Crippen LogP contribution in [0, 0.1) is 5.92 Å². The SMILES string of the molecule is CCCC[C@H](CC)[C@H](O)CCC. The fourth-order valence-electron chi connectivity index (χ4n) is 1.67. The number of hydrogen-bond donors (Lipinski definition) is 1. The maximum absolute atomic E-state index is 9.74. The molecule has 0 aromatic carbocycles. The molecule has 0 fully saturated rings. The van der Waals surface area contributed by atoms with E-state index in [9.17, 15) is 5.11 Å². The highest BCUT2D eigenvalue weighted by molar-refractivity contribution is 4.66. The van der Waals surface area contributed by atoms with Gasteiger partial charge in [-0.05, 0) is 18.8 Å². The zero-order valence-electron chi connectivity index (χ0n) is 8.84. The van der Waals surface area contributed by atoms with Crippen molar-refractivity contribution in [3.63, 3.8) is 0 Å². The van der Waals surface area contributed by atoms with Gasteiger partial charge >= 0.3 is 0 Å². The second-order valence-electron chi connectivity index (χ2n) is 3.67. The van der Waals surface area contributed by atoms with Crippen molar-refractivity contribution in [1.29, 1.82) is 0 Å². The summed E-state index contributed by atoms with van der Waals surface area (Å²) in [4.78, 5) is 0. The Bertz CT molecular complexity index is 91.0. The third-order valence-electron chi connectivity index (χ3n) is 2.58. The van der Waals surface area contributed by atoms with Gasteiger partial charge in [-0.2, -0.15) is 0 Å². The van der Waals surface area contributed by atoms with Gasteiger partial charge in [0.25, 0.3) is 0 Å². The van der Waals surface area contributed by atoms with Gasteiger partial charge in [0.1, 0.15) is 0 Å². The van der Waals surface area contributed by atoms with Crippen LogP contribution in [0.5, 0.6) is 0 Å². The monoisotopic (exact) mass is 172 g/mol. The summed E-state index contributed by atoms with van der Waals surface area (Å²) in [7, 11) is 0. The molecular weight excluding hydrogens is 148 g/mol. The molecule has 74 valence electrons. The Hall–Kier alpha value is -0.0400. The van der Waals surface area contributed by atoms with Gasteiger partial charge in [0.05, 0.1) is 6.10 Å². The van der Waals surface area contributed by atoms with Crippen LogP contribution in [0.15, 0.2) is 0 Å². The first kappa shape index (κ1) is 12.0. The quantitative estimate of drug-likeness (QED) is 0.624. The van der Waals surface area contributed by atoms with E-state index in [1.807, 2.05) is 0 Å². The van der Waals surface area contributed by atoms with Crippen LogP contribution in [0.25, 0.3) is 0 Å². The minimum absolute atomic E-state index is 0.0495. The second-order valence-corrected chi connectivity index (χ2v) is 3.67.